The van der Waals surface area contributed by atoms with Crippen LogP contribution in [-0.2, 0) is 16.0 Å². The van der Waals surface area contributed by atoms with Crippen LogP contribution in [0.3, 0.4) is 0 Å². The topological polar surface area (TPSA) is 39.7 Å². The molecule has 1 aliphatic rings. The Bertz CT molecular complexity index is 594. The summed E-state index contributed by atoms with van der Waals surface area (Å²) in [5.74, 6) is 0.915. The predicted molar refractivity (Wildman–Crippen MR) is 82.8 cm³/mol. The molecule has 4 heteroatoms. The lowest BCUT2D eigenvalue weighted by Crippen LogP contribution is -2.37. The van der Waals surface area contributed by atoms with E-state index in [1.54, 1.807) is 7.11 Å². The van der Waals surface area contributed by atoms with E-state index >= 15 is 0 Å². The molecule has 21 heavy (non-hydrogen) atoms. The Balaban J connectivity index is 1.69. The summed E-state index contributed by atoms with van der Waals surface area (Å²) in [4.78, 5) is 0. The van der Waals surface area contributed by atoms with Crippen molar-refractivity contribution in [2.75, 3.05) is 33.5 Å². The molecular weight excluding hydrogens is 266 g/mol. The standard InChI is InChI=1S/C17H21NO3/c1-19-17-7-6-13(15-4-2-3-5-16(15)17)10-18-11-14-12-20-8-9-21-14/h2-7,14,18H,8-12H2,1H3. The first-order valence-electron chi connectivity index (χ1n) is 7.33. The molecule has 0 spiro atoms. The first-order chi connectivity index (χ1) is 10.4. The van der Waals surface area contributed by atoms with Crippen molar-refractivity contribution in [2.45, 2.75) is 12.6 Å². The minimum absolute atomic E-state index is 0.156. The Hall–Kier alpha value is -1.62. The molecule has 0 saturated carbocycles. The number of methoxy groups -OCH3 is 1. The van der Waals surface area contributed by atoms with E-state index in [0.29, 0.717) is 19.8 Å². The van der Waals surface area contributed by atoms with E-state index in [1.807, 2.05) is 12.1 Å². The van der Waals surface area contributed by atoms with Crippen LogP contribution in [0.1, 0.15) is 5.56 Å². The lowest BCUT2D eigenvalue weighted by molar-refractivity contribution is -0.0864. The predicted octanol–water partition coefficient (Wildman–Crippen LogP) is 2.35. The van der Waals surface area contributed by atoms with Crippen molar-refractivity contribution in [3.05, 3.63) is 42.0 Å². The molecule has 2 aromatic carbocycles. The van der Waals surface area contributed by atoms with E-state index in [4.69, 9.17) is 14.2 Å². The van der Waals surface area contributed by atoms with Gasteiger partial charge in [0.15, 0.2) is 0 Å². The molecule has 1 aliphatic heterocycles. The van der Waals surface area contributed by atoms with Crippen molar-refractivity contribution in [3.8, 4) is 5.75 Å². The fourth-order valence-electron chi connectivity index (χ4n) is 2.69. The maximum atomic E-state index is 5.63. The highest BCUT2D eigenvalue weighted by Gasteiger charge is 2.13. The van der Waals surface area contributed by atoms with E-state index in [9.17, 15) is 0 Å². The maximum absolute atomic E-state index is 5.63. The van der Waals surface area contributed by atoms with Crippen LogP contribution in [0, 0.1) is 0 Å². The Morgan fingerprint density at radius 3 is 2.76 bits per heavy atom. The highest BCUT2D eigenvalue weighted by atomic mass is 16.6. The van der Waals surface area contributed by atoms with Crippen LogP contribution in [-0.4, -0.2) is 39.6 Å². The summed E-state index contributed by atoms with van der Waals surface area (Å²) >= 11 is 0. The van der Waals surface area contributed by atoms with Gasteiger partial charge in [0.25, 0.3) is 0 Å². The second-order valence-corrected chi connectivity index (χ2v) is 5.17. The second-order valence-electron chi connectivity index (χ2n) is 5.17. The summed E-state index contributed by atoms with van der Waals surface area (Å²) in [5, 5.41) is 5.83. The van der Waals surface area contributed by atoms with E-state index in [0.717, 1.165) is 24.2 Å². The first-order valence-corrected chi connectivity index (χ1v) is 7.33. The molecule has 3 rings (SSSR count). The van der Waals surface area contributed by atoms with Crippen molar-refractivity contribution < 1.29 is 14.2 Å². The lowest BCUT2D eigenvalue weighted by atomic mass is 10.0. The molecule has 0 amide bonds. The van der Waals surface area contributed by atoms with Gasteiger partial charge in [0, 0.05) is 18.5 Å². The molecule has 0 bridgehead atoms. The maximum Gasteiger partial charge on any atom is 0.126 e. The first kappa shape index (κ1) is 14.3. The second kappa shape index (κ2) is 6.89. The Morgan fingerprint density at radius 1 is 1.14 bits per heavy atom. The van der Waals surface area contributed by atoms with Gasteiger partial charge in [-0.05, 0) is 17.0 Å². The van der Waals surface area contributed by atoms with Crippen LogP contribution in [0.2, 0.25) is 0 Å². The van der Waals surface area contributed by atoms with E-state index in [-0.39, 0.29) is 6.10 Å². The normalized spacial score (nSPS) is 18.8. The third kappa shape index (κ3) is 3.35. The molecule has 1 heterocycles. The number of benzene rings is 2. The third-order valence-corrected chi connectivity index (χ3v) is 3.77. The van der Waals surface area contributed by atoms with Gasteiger partial charge in [0.05, 0.1) is 33.0 Å². The Labute approximate surface area is 125 Å². The van der Waals surface area contributed by atoms with Gasteiger partial charge in [-0.3, -0.25) is 0 Å². The third-order valence-electron chi connectivity index (χ3n) is 3.77. The number of rotatable bonds is 5. The minimum atomic E-state index is 0.156. The van der Waals surface area contributed by atoms with Crippen LogP contribution in [0.4, 0.5) is 0 Å². The van der Waals surface area contributed by atoms with Crippen molar-refractivity contribution in [3.63, 3.8) is 0 Å². The van der Waals surface area contributed by atoms with Crippen molar-refractivity contribution in [1.29, 1.82) is 0 Å². The number of hydrogen-bond donors (Lipinski definition) is 1. The molecule has 1 atom stereocenters. The lowest BCUT2D eigenvalue weighted by Gasteiger charge is -2.23. The highest BCUT2D eigenvalue weighted by Crippen LogP contribution is 2.28. The van der Waals surface area contributed by atoms with Crippen molar-refractivity contribution in [2.24, 2.45) is 0 Å². The molecule has 2 aromatic rings. The summed E-state index contributed by atoms with van der Waals surface area (Å²) in [6, 6.07) is 12.5. The molecule has 1 fully saturated rings. The van der Waals surface area contributed by atoms with E-state index < -0.39 is 0 Å². The van der Waals surface area contributed by atoms with Crippen LogP contribution < -0.4 is 10.1 Å². The van der Waals surface area contributed by atoms with Gasteiger partial charge in [-0.2, -0.15) is 0 Å². The van der Waals surface area contributed by atoms with Gasteiger partial charge in [0.2, 0.25) is 0 Å². The smallest absolute Gasteiger partial charge is 0.126 e. The van der Waals surface area contributed by atoms with Crippen LogP contribution in [0.5, 0.6) is 5.75 Å². The summed E-state index contributed by atoms with van der Waals surface area (Å²) < 4.78 is 16.5. The zero-order valence-electron chi connectivity index (χ0n) is 12.3. The SMILES string of the molecule is COc1ccc(CNCC2COCCO2)c2ccccc12. The summed E-state index contributed by atoms with van der Waals surface area (Å²) in [6.45, 7) is 3.69. The van der Waals surface area contributed by atoms with E-state index in [2.05, 4.69) is 29.6 Å². The molecular formula is C17H21NO3. The van der Waals surface area contributed by atoms with Gasteiger partial charge in [-0.25, -0.2) is 0 Å². The Kier molecular flexibility index (Phi) is 4.70. The highest BCUT2D eigenvalue weighted by molar-refractivity contribution is 5.91. The number of hydrogen-bond acceptors (Lipinski definition) is 4. The van der Waals surface area contributed by atoms with Gasteiger partial charge in [-0.15, -0.1) is 0 Å². The van der Waals surface area contributed by atoms with Crippen LogP contribution >= 0.6 is 0 Å². The molecule has 0 radical (unpaired) electrons. The fourth-order valence-corrected chi connectivity index (χ4v) is 2.69. The molecule has 0 aromatic heterocycles. The van der Waals surface area contributed by atoms with Crippen molar-refractivity contribution >= 4 is 10.8 Å². The average molecular weight is 287 g/mol. The van der Waals surface area contributed by atoms with Crippen LogP contribution in [0.15, 0.2) is 36.4 Å². The van der Waals surface area contributed by atoms with E-state index in [1.165, 1.54) is 10.9 Å². The molecule has 112 valence electrons. The monoisotopic (exact) mass is 287 g/mol. The van der Waals surface area contributed by atoms with Gasteiger partial charge < -0.3 is 19.5 Å². The zero-order chi connectivity index (χ0) is 14.5. The van der Waals surface area contributed by atoms with Crippen molar-refractivity contribution in [1.82, 2.24) is 5.32 Å². The van der Waals surface area contributed by atoms with Gasteiger partial charge in [-0.1, -0.05) is 30.3 Å². The number of fused-ring (bicyclic) bond motifs is 1. The molecule has 4 nitrogen and oxygen atoms in total. The summed E-state index contributed by atoms with van der Waals surface area (Å²) in [7, 11) is 1.71. The number of ether oxygens (including phenoxy) is 3. The summed E-state index contributed by atoms with van der Waals surface area (Å²) in [5.41, 5.74) is 1.27. The molecule has 1 unspecified atom stereocenters. The van der Waals surface area contributed by atoms with Gasteiger partial charge in [0.1, 0.15) is 5.75 Å². The fraction of sp³-hybridized carbons (Fsp3) is 0.412. The Morgan fingerprint density at radius 2 is 2.00 bits per heavy atom. The van der Waals surface area contributed by atoms with Gasteiger partial charge >= 0.3 is 0 Å². The molecule has 0 aliphatic carbocycles. The quantitative estimate of drug-likeness (QED) is 0.916. The molecule has 1 saturated heterocycles. The van der Waals surface area contributed by atoms with Crippen LogP contribution in [0.25, 0.3) is 10.8 Å². The minimum Gasteiger partial charge on any atom is -0.496 e. The average Bonchev–Trinajstić information content (AvgIpc) is 2.56. The largest absolute Gasteiger partial charge is 0.496 e. The molecule has 1 N–H and O–H groups in total. The number of nitrogens with one attached hydrogen (secondary N) is 1. The zero-order valence-corrected chi connectivity index (χ0v) is 12.3. The summed E-state index contributed by atoms with van der Waals surface area (Å²) in [6.07, 6.45) is 0.156.